The van der Waals surface area contributed by atoms with Gasteiger partial charge in [-0.15, -0.1) is 0 Å². The lowest BCUT2D eigenvalue weighted by Gasteiger charge is -2.32. The van der Waals surface area contributed by atoms with Crippen molar-refractivity contribution in [3.8, 4) is 0 Å². The Hall–Kier alpha value is -1.43. The fraction of sp³-hybridized carbons (Fsp3) is 0.562. The van der Waals surface area contributed by atoms with E-state index in [2.05, 4.69) is 36.0 Å². The van der Waals surface area contributed by atoms with E-state index in [1.54, 1.807) is 0 Å². The summed E-state index contributed by atoms with van der Waals surface area (Å²) in [6.45, 7) is 5.50. The van der Waals surface area contributed by atoms with Crippen molar-refractivity contribution in [3.05, 3.63) is 35.9 Å². The van der Waals surface area contributed by atoms with E-state index in [-0.39, 0.29) is 12.3 Å². The number of hydrogen-bond donors (Lipinski definition) is 1. The summed E-state index contributed by atoms with van der Waals surface area (Å²) in [6, 6.07) is 10.3. The number of nitrogens with zero attached hydrogens (tertiary/aromatic N) is 2. The number of nitrogens with one attached hydrogen (secondary N) is 1. The normalized spacial score (nSPS) is 22.7. The Bertz CT molecular complexity index is 442. The molecule has 0 bridgehead atoms. The van der Waals surface area contributed by atoms with E-state index in [0.29, 0.717) is 13.2 Å². The second kappa shape index (κ2) is 7.54. The minimum atomic E-state index is -0.151. The van der Waals surface area contributed by atoms with Crippen molar-refractivity contribution < 1.29 is 14.4 Å². The summed E-state index contributed by atoms with van der Waals surface area (Å²) in [4.78, 5) is 17.8. The molecule has 1 aromatic carbocycles. The SMILES string of the molecule is CCOC(=O)CN(Cc1ccccc1)C1N(C)CC[NH+]1C. The van der Waals surface area contributed by atoms with E-state index in [4.69, 9.17) is 4.74 Å². The van der Waals surface area contributed by atoms with Crippen molar-refractivity contribution in [2.24, 2.45) is 0 Å². The number of hydrogen-bond acceptors (Lipinski definition) is 4. The van der Waals surface area contributed by atoms with Crippen LogP contribution >= 0.6 is 0 Å². The maximum Gasteiger partial charge on any atom is 0.320 e. The first-order valence-corrected chi connectivity index (χ1v) is 7.58. The first kappa shape index (κ1) is 15.9. The van der Waals surface area contributed by atoms with Crippen LogP contribution in [0, 0.1) is 0 Å². The lowest BCUT2D eigenvalue weighted by Crippen LogP contribution is -3.13. The van der Waals surface area contributed by atoms with Crippen molar-refractivity contribution in [1.29, 1.82) is 0 Å². The van der Waals surface area contributed by atoms with Gasteiger partial charge in [-0.3, -0.25) is 4.79 Å². The van der Waals surface area contributed by atoms with Gasteiger partial charge in [0, 0.05) is 6.54 Å². The zero-order valence-corrected chi connectivity index (χ0v) is 13.2. The van der Waals surface area contributed by atoms with Crippen LogP contribution in [0.4, 0.5) is 0 Å². The summed E-state index contributed by atoms with van der Waals surface area (Å²) in [5.41, 5.74) is 1.22. The van der Waals surface area contributed by atoms with Crippen LogP contribution in [0.25, 0.3) is 0 Å². The fourth-order valence-electron chi connectivity index (χ4n) is 2.99. The zero-order valence-electron chi connectivity index (χ0n) is 13.2. The van der Waals surface area contributed by atoms with Crippen molar-refractivity contribution >= 4 is 5.97 Å². The lowest BCUT2D eigenvalue weighted by molar-refractivity contribution is -0.911. The molecule has 1 heterocycles. The third kappa shape index (κ3) is 4.27. The number of benzene rings is 1. The predicted molar refractivity (Wildman–Crippen MR) is 81.7 cm³/mol. The van der Waals surface area contributed by atoms with Gasteiger partial charge in [0.05, 0.1) is 26.7 Å². The number of carbonyl (C=O) groups excluding carboxylic acids is 1. The molecule has 2 rings (SSSR count). The van der Waals surface area contributed by atoms with Crippen molar-refractivity contribution in [1.82, 2.24) is 9.80 Å². The van der Waals surface area contributed by atoms with Crippen LogP contribution in [0.15, 0.2) is 30.3 Å². The molecule has 5 heteroatoms. The van der Waals surface area contributed by atoms with Gasteiger partial charge in [-0.2, -0.15) is 0 Å². The first-order valence-electron chi connectivity index (χ1n) is 7.58. The van der Waals surface area contributed by atoms with Crippen molar-refractivity contribution in [3.63, 3.8) is 0 Å². The molecule has 0 aliphatic carbocycles. The van der Waals surface area contributed by atoms with E-state index in [0.717, 1.165) is 19.6 Å². The molecular weight excluding hydrogens is 266 g/mol. The molecule has 5 nitrogen and oxygen atoms in total. The highest BCUT2D eigenvalue weighted by atomic mass is 16.5. The quantitative estimate of drug-likeness (QED) is 0.737. The number of rotatable bonds is 6. The molecule has 0 spiro atoms. The summed E-state index contributed by atoms with van der Waals surface area (Å²) < 4.78 is 5.13. The van der Waals surface area contributed by atoms with Crippen LogP contribution < -0.4 is 4.90 Å². The second-order valence-corrected chi connectivity index (χ2v) is 5.65. The monoisotopic (exact) mass is 292 g/mol. The smallest absolute Gasteiger partial charge is 0.320 e. The molecule has 2 atom stereocenters. The lowest BCUT2D eigenvalue weighted by atomic mass is 10.2. The highest BCUT2D eigenvalue weighted by Crippen LogP contribution is 2.09. The molecule has 1 aliphatic heterocycles. The number of ether oxygens (including phenoxy) is 1. The Morgan fingerprint density at radius 1 is 1.43 bits per heavy atom. The standard InChI is InChI=1S/C16H25N3O2/c1-4-21-15(20)13-19(12-14-8-6-5-7-9-14)16-17(2)10-11-18(16)3/h5-9,16H,4,10-13H2,1-3H3/p+1. The number of likely N-dealkylation sites (N-methyl/N-ethyl adjacent to an activating group) is 2. The largest absolute Gasteiger partial charge is 0.465 e. The van der Waals surface area contributed by atoms with Crippen LogP contribution in [0.5, 0.6) is 0 Å². The minimum absolute atomic E-state index is 0.151. The van der Waals surface area contributed by atoms with Gasteiger partial charge in [0.2, 0.25) is 6.29 Å². The summed E-state index contributed by atoms with van der Waals surface area (Å²) >= 11 is 0. The van der Waals surface area contributed by atoms with E-state index < -0.39 is 0 Å². The van der Waals surface area contributed by atoms with Gasteiger partial charge in [0.15, 0.2) is 0 Å². The van der Waals surface area contributed by atoms with Gasteiger partial charge in [-0.1, -0.05) is 30.3 Å². The molecule has 0 saturated carbocycles. The molecular formula is C16H26N3O2+. The molecule has 1 aromatic rings. The van der Waals surface area contributed by atoms with Crippen LogP contribution in [-0.2, 0) is 16.1 Å². The maximum atomic E-state index is 11.9. The average molecular weight is 292 g/mol. The van der Waals surface area contributed by atoms with Gasteiger partial charge in [-0.05, 0) is 19.5 Å². The van der Waals surface area contributed by atoms with Gasteiger partial charge >= 0.3 is 5.97 Å². The summed E-state index contributed by atoms with van der Waals surface area (Å²) in [5, 5.41) is 0. The Morgan fingerprint density at radius 3 is 2.71 bits per heavy atom. The molecule has 0 amide bonds. The molecule has 116 valence electrons. The molecule has 1 N–H and O–H groups in total. The summed E-state index contributed by atoms with van der Waals surface area (Å²) in [5.74, 6) is -0.151. The first-order chi connectivity index (χ1) is 10.1. The highest BCUT2D eigenvalue weighted by Gasteiger charge is 2.36. The number of carbonyl (C=O) groups is 1. The third-order valence-electron chi connectivity index (χ3n) is 3.93. The molecule has 1 saturated heterocycles. The molecule has 21 heavy (non-hydrogen) atoms. The van der Waals surface area contributed by atoms with E-state index in [1.165, 1.54) is 10.5 Å². The van der Waals surface area contributed by atoms with E-state index in [1.807, 2.05) is 25.1 Å². The van der Waals surface area contributed by atoms with Crippen LogP contribution in [0.3, 0.4) is 0 Å². The zero-order chi connectivity index (χ0) is 15.2. The van der Waals surface area contributed by atoms with Crippen molar-refractivity contribution in [2.45, 2.75) is 19.8 Å². The van der Waals surface area contributed by atoms with Crippen molar-refractivity contribution in [2.75, 3.05) is 40.3 Å². The third-order valence-corrected chi connectivity index (χ3v) is 3.93. The topological polar surface area (TPSA) is 37.2 Å². The maximum absolute atomic E-state index is 11.9. The molecule has 0 radical (unpaired) electrons. The van der Waals surface area contributed by atoms with Crippen LogP contribution in [-0.4, -0.2) is 62.4 Å². The molecule has 0 aromatic heterocycles. The molecule has 1 aliphatic rings. The Morgan fingerprint density at radius 2 is 2.14 bits per heavy atom. The molecule has 1 fully saturated rings. The average Bonchev–Trinajstić information content (AvgIpc) is 2.79. The van der Waals surface area contributed by atoms with E-state index in [9.17, 15) is 4.79 Å². The Kier molecular flexibility index (Phi) is 5.73. The number of esters is 1. The van der Waals surface area contributed by atoms with Gasteiger partial charge in [0.1, 0.15) is 6.54 Å². The predicted octanol–water partition coefficient (Wildman–Crippen LogP) is -0.205. The minimum Gasteiger partial charge on any atom is -0.465 e. The van der Waals surface area contributed by atoms with Crippen LogP contribution in [0.1, 0.15) is 12.5 Å². The Balaban J connectivity index is 2.11. The van der Waals surface area contributed by atoms with E-state index >= 15 is 0 Å². The van der Waals surface area contributed by atoms with Gasteiger partial charge < -0.3 is 9.64 Å². The second-order valence-electron chi connectivity index (χ2n) is 5.65. The van der Waals surface area contributed by atoms with Gasteiger partial charge in [-0.25, -0.2) is 9.80 Å². The summed E-state index contributed by atoms with van der Waals surface area (Å²) in [6.07, 6.45) is 0.217. The summed E-state index contributed by atoms with van der Waals surface area (Å²) in [7, 11) is 4.29. The Labute approximate surface area is 127 Å². The van der Waals surface area contributed by atoms with Gasteiger partial charge in [0.25, 0.3) is 0 Å². The molecule has 2 unspecified atom stereocenters. The highest BCUT2D eigenvalue weighted by molar-refractivity contribution is 5.71. The van der Waals surface area contributed by atoms with Crippen LogP contribution in [0.2, 0.25) is 0 Å². The fourth-order valence-corrected chi connectivity index (χ4v) is 2.99. The number of quaternary nitrogens is 1.